The van der Waals surface area contributed by atoms with Gasteiger partial charge in [-0.15, -0.1) is 0 Å². The summed E-state index contributed by atoms with van der Waals surface area (Å²) in [4.78, 5) is 2.12. The van der Waals surface area contributed by atoms with E-state index in [1.54, 1.807) is 0 Å². The van der Waals surface area contributed by atoms with Crippen molar-refractivity contribution in [2.45, 2.75) is 44.7 Å². The molecule has 1 saturated heterocycles. The van der Waals surface area contributed by atoms with Crippen LogP contribution in [-0.4, -0.2) is 29.6 Å². The van der Waals surface area contributed by atoms with Gasteiger partial charge in [-0.2, -0.15) is 0 Å². The third kappa shape index (κ3) is 1.17. The first-order valence-corrected chi connectivity index (χ1v) is 4.84. The largest absolute Gasteiger partial charge is 0.466 e. The third-order valence-electron chi connectivity index (χ3n) is 2.83. The van der Waals surface area contributed by atoms with E-state index in [2.05, 4.69) is 4.90 Å². The molecule has 3 nitrogen and oxygen atoms in total. The average molecular weight is 168 g/mol. The van der Waals surface area contributed by atoms with Gasteiger partial charge in [0, 0.05) is 0 Å². The average Bonchev–Trinajstić information content (AvgIpc) is 2.78. The van der Waals surface area contributed by atoms with Crippen molar-refractivity contribution >= 4 is 6.02 Å². The van der Waals surface area contributed by atoms with Crippen LogP contribution in [0.2, 0.25) is 0 Å². The van der Waals surface area contributed by atoms with Crippen molar-refractivity contribution in [1.82, 2.24) is 4.90 Å². The van der Waals surface area contributed by atoms with Crippen molar-refractivity contribution in [1.29, 1.82) is 5.41 Å². The lowest BCUT2D eigenvalue weighted by atomic mass is 10.0. The van der Waals surface area contributed by atoms with Gasteiger partial charge in [-0.05, 0) is 19.8 Å². The molecule has 1 saturated carbocycles. The molecule has 0 aromatic carbocycles. The molecule has 0 unspecified atom stereocenters. The Bertz CT molecular complexity index is 181. The molecule has 2 atom stereocenters. The fraction of sp³-hybridized carbons (Fsp3) is 0.889. The number of fused-ring (bicyclic) bond motifs is 1. The fourth-order valence-electron chi connectivity index (χ4n) is 2.22. The van der Waals surface area contributed by atoms with Gasteiger partial charge in [0.2, 0.25) is 0 Å². The molecule has 1 aliphatic heterocycles. The van der Waals surface area contributed by atoms with E-state index in [1.165, 1.54) is 25.7 Å². The molecule has 12 heavy (non-hydrogen) atoms. The van der Waals surface area contributed by atoms with Crippen molar-refractivity contribution in [3.8, 4) is 0 Å². The lowest BCUT2D eigenvalue weighted by Gasteiger charge is -2.06. The van der Waals surface area contributed by atoms with Crippen LogP contribution in [0.25, 0.3) is 0 Å². The normalized spacial score (nSPS) is 32.6. The highest BCUT2D eigenvalue weighted by Crippen LogP contribution is 2.40. The van der Waals surface area contributed by atoms with E-state index in [0.29, 0.717) is 24.7 Å². The first-order valence-electron chi connectivity index (χ1n) is 4.84. The number of nitrogens with zero attached hydrogens (tertiary/aromatic N) is 1. The maximum absolute atomic E-state index is 7.60. The maximum Gasteiger partial charge on any atom is 0.285 e. The highest BCUT2D eigenvalue weighted by molar-refractivity contribution is 5.74. The Morgan fingerprint density at radius 1 is 1.42 bits per heavy atom. The molecule has 1 heterocycles. The summed E-state index contributed by atoms with van der Waals surface area (Å²) in [5, 5.41) is 7.60. The zero-order valence-electron chi connectivity index (χ0n) is 7.55. The van der Waals surface area contributed by atoms with Gasteiger partial charge in [0.15, 0.2) is 0 Å². The van der Waals surface area contributed by atoms with Gasteiger partial charge in [0.05, 0.1) is 18.7 Å². The van der Waals surface area contributed by atoms with E-state index in [1.807, 2.05) is 6.92 Å². The Labute approximate surface area is 73.2 Å². The Hall–Kier alpha value is -0.730. The zero-order valence-corrected chi connectivity index (χ0v) is 7.55. The van der Waals surface area contributed by atoms with Crippen molar-refractivity contribution in [3.63, 3.8) is 0 Å². The Morgan fingerprint density at radius 2 is 2.00 bits per heavy atom. The molecule has 0 bridgehead atoms. The third-order valence-corrected chi connectivity index (χ3v) is 2.83. The number of ether oxygens (including phenoxy) is 1. The molecule has 2 rings (SSSR count). The van der Waals surface area contributed by atoms with E-state index >= 15 is 0 Å². The first kappa shape index (κ1) is 7.90. The zero-order chi connectivity index (χ0) is 8.55. The fourth-order valence-corrected chi connectivity index (χ4v) is 2.22. The van der Waals surface area contributed by atoms with Crippen LogP contribution in [0.4, 0.5) is 0 Å². The molecule has 0 spiro atoms. The van der Waals surface area contributed by atoms with Gasteiger partial charge in [-0.1, -0.05) is 12.8 Å². The Balaban J connectivity index is 1.87. The molecule has 68 valence electrons. The molecule has 1 N–H and O–H groups in total. The predicted molar refractivity (Wildman–Crippen MR) is 47.2 cm³/mol. The van der Waals surface area contributed by atoms with Crippen LogP contribution in [0.3, 0.4) is 0 Å². The minimum atomic E-state index is 0.398. The summed E-state index contributed by atoms with van der Waals surface area (Å²) < 4.78 is 5.17. The van der Waals surface area contributed by atoms with E-state index < -0.39 is 0 Å². The molecule has 2 aliphatic rings. The maximum atomic E-state index is 7.60. The monoisotopic (exact) mass is 168 g/mol. The van der Waals surface area contributed by atoms with Crippen molar-refractivity contribution in [2.75, 3.05) is 6.61 Å². The summed E-state index contributed by atoms with van der Waals surface area (Å²) in [6, 6.07) is 1.70. The molecule has 1 aliphatic carbocycles. The SMILES string of the molecule is CCOC(=N)N1[C@@H]2CCCC[C@@H]21. The quantitative estimate of drug-likeness (QED) is 0.366. The van der Waals surface area contributed by atoms with Crippen LogP contribution < -0.4 is 0 Å². The van der Waals surface area contributed by atoms with Crippen molar-refractivity contribution < 1.29 is 4.74 Å². The molecular weight excluding hydrogens is 152 g/mol. The molecule has 2 fully saturated rings. The minimum Gasteiger partial charge on any atom is -0.466 e. The summed E-state index contributed by atoms with van der Waals surface area (Å²) in [5.74, 6) is 0. The van der Waals surface area contributed by atoms with Gasteiger partial charge < -0.3 is 9.64 Å². The molecule has 0 amide bonds. The van der Waals surface area contributed by atoms with Crippen LogP contribution in [-0.2, 0) is 4.74 Å². The Morgan fingerprint density at radius 3 is 2.50 bits per heavy atom. The number of amidine groups is 1. The summed E-state index contributed by atoms with van der Waals surface area (Å²) in [6.07, 6.45) is 5.19. The van der Waals surface area contributed by atoms with Crippen LogP contribution in [0.1, 0.15) is 32.6 Å². The second-order valence-corrected chi connectivity index (χ2v) is 3.56. The van der Waals surface area contributed by atoms with E-state index in [9.17, 15) is 0 Å². The second kappa shape index (κ2) is 2.96. The van der Waals surface area contributed by atoms with E-state index in [4.69, 9.17) is 10.1 Å². The van der Waals surface area contributed by atoms with E-state index in [-0.39, 0.29) is 0 Å². The van der Waals surface area contributed by atoms with Gasteiger partial charge >= 0.3 is 0 Å². The van der Waals surface area contributed by atoms with Crippen LogP contribution in [0.15, 0.2) is 0 Å². The summed E-state index contributed by atoms with van der Waals surface area (Å²) >= 11 is 0. The molecular formula is C9H16N2O. The number of hydrogen-bond donors (Lipinski definition) is 1. The van der Waals surface area contributed by atoms with Crippen LogP contribution in [0.5, 0.6) is 0 Å². The number of hydrogen-bond acceptors (Lipinski definition) is 2. The first-order chi connectivity index (χ1) is 5.84. The van der Waals surface area contributed by atoms with Crippen LogP contribution in [0, 0.1) is 5.41 Å². The van der Waals surface area contributed by atoms with Crippen LogP contribution >= 0.6 is 0 Å². The highest BCUT2D eigenvalue weighted by atomic mass is 16.5. The number of nitrogens with one attached hydrogen (secondary N) is 1. The topological polar surface area (TPSA) is 36.1 Å². The number of likely N-dealkylation sites (tertiary alicyclic amines) is 1. The molecule has 3 heteroatoms. The predicted octanol–water partition coefficient (Wildman–Crippen LogP) is 1.58. The summed E-state index contributed by atoms with van der Waals surface area (Å²) in [5.41, 5.74) is 0. The van der Waals surface area contributed by atoms with E-state index in [0.717, 1.165) is 0 Å². The summed E-state index contributed by atoms with van der Waals surface area (Å²) in [6.45, 7) is 2.55. The standard InChI is InChI=1S/C9H16N2O/c1-2-12-9(10)11-7-5-3-4-6-8(7)11/h7-8,10H,2-6H2,1H3/t7-,8+,11?. The van der Waals surface area contributed by atoms with Gasteiger partial charge in [-0.25, -0.2) is 0 Å². The summed E-state index contributed by atoms with van der Waals surface area (Å²) in [7, 11) is 0. The van der Waals surface area contributed by atoms with Gasteiger partial charge in [0.1, 0.15) is 0 Å². The Kier molecular flexibility index (Phi) is 1.95. The van der Waals surface area contributed by atoms with Gasteiger partial charge in [-0.3, -0.25) is 5.41 Å². The highest BCUT2D eigenvalue weighted by Gasteiger charge is 2.50. The lowest BCUT2D eigenvalue weighted by Crippen LogP contribution is -2.16. The number of rotatable bonds is 1. The molecule has 0 aromatic rings. The van der Waals surface area contributed by atoms with Gasteiger partial charge in [0.25, 0.3) is 6.02 Å². The second-order valence-electron chi connectivity index (χ2n) is 3.56. The smallest absolute Gasteiger partial charge is 0.285 e. The lowest BCUT2D eigenvalue weighted by molar-refractivity contribution is 0.283. The molecule has 0 aromatic heterocycles. The van der Waals surface area contributed by atoms with Crippen molar-refractivity contribution in [3.05, 3.63) is 0 Å². The molecule has 0 radical (unpaired) electrons. The van der Waals surface area contributed by atoms with Crippen molar-refractivity contribution in [2.24, 2.45) is 0 Å². The minimum absolute atomic E-state index is 0.398.